The number of nitrogens with zero attached hydrogens (tertiary/aromatic N) is 1. The maximum atomic E-state index is 12.2. The number of rotatable bonds is 2. The van der Waals surface area contributed by atoms with E-state index in [1.807, 2.05) is 20.8 Å². The van der Waals surface area contributed by atoms with Gasteiger partial charge >= 0.3 is 6.09 Å². The van der Waals surface area contributed by atoms with E-state index < -0.39 is 5.60 Å². The number of carbonyl (C=O) groups is 2. The third kappa shape index (κ3) is 2.91. The third-order valence-corrected chi connectivity index (χ3v) is 3.65. The molecule has 2 aliphatic heterocycles. The molecule has 2 rings (SSSR count). The van der Waals surface area contributed by atoms with Gasteiger partial charge in [-0.25, -0.2) is 4.79 Å². The molecule has 0 radical (unpaired) electrons. The molecule has 1 N–H and O–H groups in total. The highest BCUT2D eigenvalue weighted by atomic mass is 16.6. The van der Waals surface area contributed by atoms with Crippen molar-refractivity contribution >= 4 is 12.0 Å². The molecule has 19 heavy (non-hydrogen) atoms. The lowest BCUT2D eigenvalue weighted by Gasteiger charge is -2.28. The summed E-state index contributed by atoms with van der Waals surface area (Å²) in [6, 6.07) is 0.274. The number of ether oxygens (including phenoxy) is 1. The Balaban J connectivity index is 2.02. The van der Waals surface area contributed by atoms with E-state index in [1.54, 1.807) is 4.90 Å². The van der Waals surface area contributed by atoms with Gasteiger partial charge in [0.25, 0.3) is 0 Å². The fourth-order valence-corrected chi connectivity index (χ4v) is 2.98. The fraction of sp³-hybridized carbons (Fsp3) is 0.714. The molecule has 0 spiro atoms. The Morgan fingerprint density at radius 2 is 2.05 bits per heavy atom. The van der Waals surface area contributed by atoms with Gasteiger partial charge in [-0.1, -0.05) is 6.58 Å². The van der Waals surface area contributed by atoms with Gasteiger partial charge < -0.3 is 15.0 Å². The molecule has 0 aliphatic carbocycles. The van der Waals surface area contributed by atoms with Crippen molar-refractivity contribution in [3.8, 4) is 0 Å². The van der Waals surface area contributed by atoms with Crippen LogP contribution < -0.4 is 5.32 Å². The SMILES string of the molecule is C=CC(=O)N[C@H]1C[C@H]2CC[C@@H]1N2C(=O)OC(C)(C)C. The van der Waals surface area contributed by atoms with Gasteiger partial charge in [0.2, 0.25) is 5.91 Å². The van der Waals surface area contributed by atoms with Crippen LogP contribution in [0, 0.1) is 0 Å². The monoisotopic (exact) mass is 266 g/mol. The zero-order chi connectivity index (χ0) is 14.2. The van der Waals surface area contributed by atoms with Crippen molar-refractivity contribution in [2.45, 2.75) is 63.8 Å². The van der Waals surface area contributed by atoms with E-state index in [-0.39, 0.29) is 30.1 Å². The molecule has 2 fully saturated rings. The van der Waals surface area contributed by atoms with Gasteiger partial charge in [0.05, 0.1) is 12.1 Å². The largest absolute Gasteiger partial charge is 0.444 e. The van der Waals surface area contributed by atoms with Crippen molar-refractivity contribution in [1.82, 2.24) is 10.2 Å². The Kier molecular flexibility index (Phi) is 3.56. The average molecular weight is 266 g/mol. The van der Waals surface area contributed by atoms with Crippen molar-refractivity contribution < 1.29 is 14.3 Å². The second kappa shape index (κ2) is 4.87. The van der Waals surface area contributed by atoms with Gasteiger partial charge in [-0.05, 0) is 46.1 Å². The van der Waals surface area contributed by atoms with Crippen LogP contribution in [-0.2, 0) is 9.53 Å². The molecule has 2 heterocycles. The van der Waals surface area contributed by atoms with Crippen LogP contribution in [0.15, 0.2) is 12.7 Å². The van der Waals surface area contributed by atoms with Crippen LogP contribution in [0.2, 0.25) is 0 Å². The number of nitrogens with one attached hydrogen (secondary N) is 1. The Bertz CT molecular complexity index is 400. The van der Waals surface area contributed by atoms with E-state index in [4.69, 9.17) is 4.74 Å². The Morgan fingerprint density at radius 1 is 1.37 bits per heavy atom. The van der Waals surface area contributed by atoms with E-state index in [9.17, 15) is 9.59 Å². The first-order valence-electron chi connectivity index (χ1n) is 6.76. The average Bonchev–Trinajstić information content (AvgIpc) is 2.83. The molecule has 2 saturated heterocycles. The van der Waals surface area contributed by atoms with Crippen LogP contribution in [0.3, 0.4) is 0 Å². The minimum absolute atomic E-state index is 0.0248. The summed E-state index contributed by atoms with van der Waals surface area (Å²) in [5.74, 6) is -0.179. The Labute approximate surface area is 114 Å². The first kappa shape index (κ1) is 13.9. The topological polar surface area (TPSA) is 58.6 Å². The summed E-state index contributed by atoms with van der Waals surface area (Å²) in [7, 11) is 0. The quantitative estimate of drug-likeness (QED) is 0.776. The predicted octanol–water partition coefficient (Wildman–Crippen LogP) is 1.83. The first-order valence-corrected chi connectivity index (χ1v) is 6.76. The minimum Gasteiger partial charge on any atom is -0.444 e. The van der Waals surface area contributed by atoms with Crippen LogP contribution in [-0.4, -0.2) is 40.6 Å². The highest BCUT2D eigenvalue weighted by molar-refractivity contribution is 5.87. The van der Waals surface area contributed by atoms with E-state index >= 15 is 0 Å². The van der Waals surface area contributed by atoms with Crippen molar-refractivity contribution in [2.24, 2.45) is 0 Å². The molecule has 0 saturated carbocycles. The summed E-state index contributed by atoms with van der Waals surface area (Å²) in [6.07, 6.45) is 3.72. The minimum atomic E-state index is -0.487. The summed E-state index contributed by atoms with van der Waals surface area (Å²) < 4.78 is 5.44. The van der Waals surface area contributed by atoms with Gasteiger partial charge in [-0.15, -0.1) is 0 Å². The summed E-state index contributed by atoms with van der Waals surface area (Å²) in [4.78, 5) is 25.4. The number of carbonyl (C=O) groups excluding carboxylic acids is 2. The molecular weight excluding hydrogens is 244 g/mol. The van der Waals surface area contributed by atoms with Crippen molar-refractivity contribution in [3.63, 3.8) is 0 Å². The van der Waals surface area contributed by atoms with Crippen LogP contribution in [0.4, 0.5) is 4.79 Å². The van der Waals surface area contributed by atoms with Crippen LogP contribution in [0.5, 0.6) is 0 Å². The molecule has 0 aromatic carbocycles. The number of hydrogen-bond donors (Lipinski definition) is 1. The standard InChI is InChI=1S/C14H22N2O3/c1-5-12(17)15-10-8-9-6-7-11(10)16(9)13(18)19-14(2,3)4/h5,9-11H,1,6-8H2,2-4H3,(H,15,17)/t9-,10+,11+/m1/s1. The van der Waals surface area contributed by atoms with Crippen LogP contribution in [0.1, 0.15) is 40.0 Å². The molecule has 0 unspecified atom stereocenters. The molecule has 2 amide bonds. The van der Waals surface area contributed by atoms with Gasteiger partial charge in [-0.3, -0.25) is 4.79 Å². The molecule has 5 nitrogen and oxygen atoms in total. The summed E-state index contributed by atoms with van der Waals surface area (Å²) in [5, 5.41) is 2.90. The molecular formula is C14H22N2O3. The van der Waals surface area contributed by atoms with Crippen LogP contribution in [0.25, 0.3) is 0 Å². The second-order valence-corrected chi connectivity index (χ2v) is 6.24. The number of amides is 2. The second-order valence-electron chi connectivity index (χ2n) is 6.24. The molecule has 2 aliphatic rings. The third-order valence-electron chi connectivity index (χ3n) is 3.65. The van der Waals surface area contributed by atoms with Gasteiger partial charge in [0, 0.05) is 6.04 Å². The highest BCUT2D eigenvalue weighted by Gasteiger charge is 2.50. The highest BCUT2D eigenvalue weighted by Crippen LogP contribution is 2.38. The Morgan fingerprint density at radius 3 is 2.63 bits per heavy atom. The van der Waals surface area contributed by atoms with E-state index in [2.05, 4.69) is 11.9 Å². The van der Waals surface area contributed by atoms with Crippen molar-refractivity contribution in [1.29, 1.82) is 0 Å². The van der Waals surface area contributed by atoms with E-state index in [0.717, 1.165) is 19.3 Å². The van der Waals surface area contributed by atoms with Gasteiger partial charge in [0.15, 0.2) is 0 Å². The summed E-state index contributed by atoms with van der Waals surface area (Å²) in [5.41, 5.74) is -0.487. The van der Waals surface area contributed by atoms with Crippen LogP contribution >= 0.6 is 0 Å². The Hall–Kier alpha value is -1.52. The first-order chi connectivity index (χ1) is 8.81. The molecule has 3 atom stereocenters. The fourth-order valence-electron chi connectivity index (χ4n) is 2.98. The van der Waals surface area contributed by atoms with Crippen molar-refractivity contribution in [3.05, 3.63) is 12.7 Å². The van der Waals surface area contributed by atoms with Crippen molar-refractivity contribution in [2.75, 3.05) is 0 Å². The number of fused-ring (bicyclic) bond motifs is 2. The smallest absolute Gasteiger partial charge is 0.410 e. The zero-order valence-electron chi connectivity index (χ0n) is 11.8. The molecule has 2 bridgehead atoms. The van der Waals surface area contributed by atoms with E-state index in [0.29, 0.717) is 0 Å². The van der Waals surface area contributed by atoms with Gasteiger partial charge in [-0.2, -0.15) is 0 Å². The number of hydrogen-bond acceptors (Lipinski definition) is 3. The maximum absolute atomic E-state index is 12.2. The summed E-state index contributed by atoms with van der Waals surface area (Å²) in [6.45, 7) is 9.03. The molecule has 106 valence electrons. The molecule has 0 aromatic heterocycles. The lowest BCUT2D eigenvalue weighted by Crippen LogP contribution is -2.46. The summed E-state index contributed by atoms with van der Waals surface area (Å²) >= 11 is 0. The lowest BCUT2D eigenvalue weighted by atomic mass is 9.95. The lowest BCUT2D eigenvalue weighted by molar-refractivity contribution is -0.117. The van der Waals surface area contributed by atoms with E-state index in [1.165, 1.54) is 6.08 Å². The zero-order valence-corrected chi connectivity index (χ0v) is 11.8. The normalized spacial score (nSPS) is 29.2. The predicted molar refractivity (Wildman–Crippen MR) is 71.6 cm³/mol. The maximum Gasteiger partial charge on any atom is 0.410 e. The molecule has 5 heteroatoms. The van der Waals surface area contributed by atoms with Gasteiger partial charge in [0.1, 0.15) is 5.60 Å². The molecule has 0 aromatic rings.